The number of halogens is 1. The Morgan fingerprint density at radius 1 is 1.16 bits per heavy atom. The van der Waals surface area contributed by atoms with Crippen LogP contribution in [0.5, 0.6) is 17.2 Å². The first-order valence-electron chi connectivity index (χ1n) is 12.1. The minimum atomic E-state index is -1.59. The van der Waals surface area contributed by atoms with Crippen molar-refractivity contribution < 1.29 is 23.4 Å². The van der Waals surface area contributed by atoms with Crippen molar-refractivity contribution in [2.75, 3.05) is 58.8 Å². The fourth-order valence-corrected chi connectivity index (χ4v) is 3.99. The lowest BCUT2D eigenvalue weighted by molar-refractivity contribution is -0.114. The molecule has 4 N–H and O–H groups in total. The standard InChI is InChI=1S/C26H33FN6O4/c1-32-11-13-33(14-12-32)10-5-15-36-22-9-8-20(16-21(22)27)31-26(29-17-19(18-30-26)25(28)34)37-24-7-4-3-6-23(24)35-2/h3-4,6-9,16-18,29,31H,5,10-15H2,1-2H3,(H2,28,34). The monoisotopic (exact) mass is 512 g/mol. The highest BCUT2D eigenvalue weighted by molar-refractivity contribution is 6.11. The summed E-state index contributed by atoms with van der Waals surface area (Å²) in [7, 11) is 3.64. The number of hydrogen-bond donors (Lipinski definition) is 3. The zero-order valence-electron chi connectivity index (χ0n) is 21.1. The second-order valence-electron chi connectivity index (χ2n) is 8.88. The van der Waals surface area contributed by atoms with Crippen LogP contribution in [0.2, 0.25) is 0 Å². The van der Waals surface area contributed by atoms with Crippen molar-refractivity contribution in [3.63, 3.8) is 0 Å². The average Bonchev–Trinajstić information content (AvgIpc) is 2.89. The minimum absolute atomic E-state index is 0.160. The number of methoxy groups -OCH3 is 1. The van der Waals surface area contributed by atoms with Gasteiger partial charge in [-0.3, -0.25) is 4.79 Å². The lowest BCUT2D eigenvalue weighted by Crippen LogP contribution is -2.55. The molecule has 1 saturated heterocycles. The molecule has 1 amide bonds. The van der Waals surface area contributed by atoms with E-state index in [9.17, 15) is 9.18 Å². The molecule has 2 aromatic rings. The second-order valence-corrected chi connectivity index (χ2v) is 8.88. The zero-order valence-corrected chi connectivity index (χ0v) is 21.1. The summed E-state index contributed by atoms with van der Waals surface area (Å²) in [4.78, 5) is 20.6. The first-order valence-corrected chi connectivity index (χ1v) is 12.1. The van der Waals surface area contributed by atoms with E-state index < -0.39 is 17.7 Å². The van der Waals surface area contributed by atoms with Gasteiger partial charge in [0.05, 0.1) is 19.3 Å². The summed E-state index contributed by atoms with van der Waals surface area (Å²) in [6.07, 6.45) is 3.48. The van der Waals surface area contributed by atoms with Gasteiger partial charge in [-0.1, -0.05) is 12.1 Å². The topological polar surface area (TPSA) is 114 Å². The number of ether oxygens (including phenoxy) is 3. The van der Waals surface area contributed by atoms with Crippen LogP contribution in [0.1, 0.15) is 6.42 Å². The third-order valence-corrected chi connectivity index (χ3v) is 6.14. The molecule has 10 nitrogen and oxygen atoms in total. The molecule has 2 heterocycles. The Balaban J connectivity index is 1.41. The van der Waals surface area contributed by atoms with Crippen LogP contribution in [-0.4, -0.2) is 81.4 Å². The smallest absolute Gasteiger partial charge is 0.366 e. The number of piperazine rings is 1. The highest BCUT2D eigenvalue weighted by atomic mass is 19.1. The number of anilines is 1. The number of nitrogens with two attached hydrogens (primary N) is 1. The summed E-state index contributed by atoms with van der Waals surface area (Å²) in [5.74, 6) is -1.76. The molecule has 2 aromatic carbocycles. The van der Waals surface area contributed by atoms with Crippen molar-refractivity contribution in [1.29, 1.82) is 0 Å². The molecule has 198 valence electrons. The van der Waals surface area contributed by atoms with Crippen molar-refractivity contribution >= 4 is 17.8 Å². The van der Waals surface area contributed by atoms with Gasteiger partial charge < -0.3 is 40.4 Å². The quantitative estimate of drug-likeness (QED) is 0.310. The summed E-state index contributed by atoms with van der Waals surface area (Å²) < 4.78 is 32.1. The van der Waals surface area contributed by atoms with Gasteiger partial charge in [0.15, 0.2) is 23.1 Å². The molecule has 0 aromatic heterocycles. The number of rotatable bonds is 11. The Bertz CT molecular complexity index is 1150. The van der Waals surface area contributed by atoms with Gasteiger partial charge >= 0.3 is 5.97 Å². The molecular formula is C26H33FN6O4. The van der Waals surface area contributed by atoms with E-state index in [1.807, 2.05) is 0 Å². The second kappa shape index (κ2) is 11.9. The van der Waals surface area contributed by atoms with Crippen LogP contribution in [0.25, 0.3) is 0 Å². The lowest BCUT2D eigenvalue weighted by Gasteiger charge is -2.34. The largest absolute Gasteiger partial charge is 0.493 e. The Morgan fingerprint density at radius 3 is 2.57 bits per heavy atom. The molecule has 37 heavy (non-hydrogen) atoms. The highest BCUT2D eigenvalue weighted by Crippen LogP contribution is 2.31. The van der Waals surface area contributed by atoms with E-state index >= 15 is 0 Å². The maximum Gasteiger partial charge on any atom is 0.366 e. The molecule has 1 atom stereocenters. The molecule has 4 rings (SSSR count). The van der Waals surface area contributed by atoms with Crippen molar-refractivity contribution in [2.24, 2.45) is 10.7 Å². The number of para-hydroxylation sites is 2. The molecule has 0 bridgehead atoms. The van der Waals surface area contributed by atoms with E-state index in [0.29, 0.717) is 23.8 Å². The number of nitrogens with zero attached hydrogens (tertiary/aromatic N) is 3. The fourth-order valence-electron chi connectivity index (χ4n) is 3.99. The number of hydrogen-bond acceptors (Lipinski definition) is 9. The van der Waals surface area contributed by atoms with E-state index in [4.69, 9.17) is 19.9 Å². The van der Waals surface area contributed by atoms with E-state index in [1.54, 1.807) is 36.4 Å². The highest BCUT2D eigenvalue weighted by Gasteiger charge is 2.34. The van der Waals surface area contributed by atoms with Crippen molar-refractivity contribution in [3.8, 4) is 17.2 Å². The van der Waals surface area contributed by atoms with Crippen LogP contribution in [0.4, 0.5) is 10.1 Å². The van der Waals surface area contributed by atoms with Crippen molar-refractivity contribution in [2.45, 2.75) is 12.4 Å². The van der Waals surface area contributed by atoms with Gasteiger partial charge in [0.1, 0.15) is 0 Å². The van der Waals surface area contributed by atoms with Gasteiger partial charge in [-0.15, -0.1) is 0 Å². The Morgan fingerprint density at radius 2 is 1.92 bits per heavy atom. The average molecular weight is 513 g/mol. The fraction of sp³-hybridized carbons (Fsp3) is 0.385. The number of benzene rings is 2. The van der Waals surface area contributed by atoms with Gasteiger partial charge in [0, 0.05) is 56.9 Å². The zero-order chi connectivity index (χ0) is 26.3. The van der Waals surface area contributed by atoms with Crippen LogP contribution in [-0.2, 0) is 4.79 Å². The molecule has 11 heteroatoms. The maximum absolute atomic E-state index is 14.9. The first-order chi connectivity index (χ1) is 17.9. The minimum Gasteiger partial charge on any atom is -0.493 e. The van der Waals surface area contributed by atoms with E-state index in [0.717, 1.165) is 39.1 Å². The van der Waals surface area contributed by atoms with Crippen LogP contribution >= 0.6 is 0 Å². The number of primary amides is 1. The molecule has 0 radical (unpaired) electrons. The summed E-state index contributed by atoms with van der Waals surface area (Å²) in [6.45, 7) is 5.54. The summed E-state index contributed by atoms with van der Waals surface area (Å²) in [6, 6.07) is 11.5. The van der Waals surface area contributed by atoms with Gasteiger partial charge in [0.2, 0.25) is 0 Å². The van der Waals surface area contributed by atoms with Gasteiger partial charge in [-0.25, -0.2) is 9.38 Å². The molecule has 2 aliphatic heterocycles. The van der Waals surface area contributed by atoms with Crippen LogP contribution in [0.3, 0.4) is 0 Å². The maximum atomic E-state index is 14.9. The normalized spacial score (nSPS) is 20.0. The molecule has 0 spiro atoms. The molecular weight excluding hydrogens is 479 g/mol. The van der Waals surface area contributed by atoms with E-state index in [-0.39, 0.29) is 11.3 Å². The van der Waals surface area contributed by atoms with E-state index in [2.05, 4.69) is 32.5 Å². The molecule has 1 unspecified atom stereocenters. The molecule has 0 aliphatic carbocycles. The number of carbonyl (C=O) groups excluding carboxylic acids is 1. The molecule has 1 fully saturated rings. The number of carbonyl (C=O) groups is 1. The predicted octanol–water partition coefficient (Wildman–Crippen LogP) is 2.00. The predicted molar refractivity (Wildman–Crippen MR) is 139 cm³/mol. The first kappa shape index (κ1) is 26.2. The number of likely N-dealkylation sites (N-methyl/N-ethyl adjacent to an activating group) is 1. The van der Waals surface area contributed by atoms with E-state index in [1.165, 1.54) is 25.6 Å². The molecule has 0 saturated carbocycles. The summed E-state index contributed by atoms with van der Waals surface area (Å²) in [5, 5.41) is 5.96. The van der Waals surface area contributed by atoms with Gasteiger partial charge in [-0.2, -0.15) is 0 Å². The third-order valence-electron chi connectivity index (χ3n) is 6.14. The van der Waals surface area contributed by atoms with Gasteiger partial charge in [-0.05, 0) is 37.7 Å². The summed E-state index contributed by atoms with van der Waals surface area (Å²) >= 11 is 0. The Labute approximate surface area is 215 Å². The third kappa shape index (κ3) is 6.89. The van der Waals surface area contributed by atoms with Crippen LogP contribution in [0, 0.1) is 5.82 Å². The van der Waals surface area contributed by atoms with Gasteiger partial charge in [0.25, 0.3) is 5.91 Å². The Hall–Kier alpha value is -3.83. The lowest BCUT2D eigenvalue weighted by atomic mass is 10.2. The Kier molecular flexibility index (Phi) is 8.47. The summed E-state index contributed by atoms with van der Waals surface area (Å²) in [5.41, 5.74) is 5.89. The number of amides is 1. The van der Waals surface area contributed by atoms with Crippen LogP contribution < -0.4 is 30.6 Å². The molecule has 2 aliphatic rings. The number of aliphatic imine (C=N–C) groups is 1. The SMILES string of the molecule is COc1ccccc1OC1(Nc2ccc(OCCCN3CCN(C)CC3)c(F)c2)N=CC(C(N)=O)=CN1. The van der Waals surface area contributed by atoms with Crippen molar-refractivity contribution in [3.05, 3.63) is 60.1 Å². The van der Waals surface area contributed by atoms with Crippen molar-refractivity contribution in [1.82, 2.24) is 15.1 Å². The number of nitrogens with one attached hydrogen (secondary N) is 2. The van der Waals surface area contributed by atoms with Crippen LogP contribution in [0.15, 0.2) is 59.2 Å².